The van der Waals surface area contributed by atoms with Gasteiger partial charge in [-0.25, -0.2) is 0 Å². The molecule has 7 heteroatoms. The monoisotopic (exact) mass is 313 g/mol. The SMILES string of the molecule is CNC(=O)c1c(NC(C)COC)sc(C(=O)C(C)C)c1N. The van der Waals surface area contributed by atoms with Gasteiger partial charge < -0.3 is 21.1 Å². The summed E-state index contributed by atoms with van der Waals surface area (Å²) in [7, 11) is 3.14. The molecule has 0 radical (unpaired) electrons. The number of carbonyl (C=O) groups excluding carboxylic acids is 2. The van der Waals surface area contributed by atoms with Gasteiger partial charge in [-0.05, 0) is 6.92 Å². The standard InChI is InChI=1S/C14H23N3O3S/c1-7(2)11(18)12-10(15)9(13(19)16-4)14(21-12)17-8(3)6-20-5/h7-8,17H,6,15H2,1-5H3,(H,16,19). The van der Waals surface area contributed by atoms with Crippen molar-refractivity contribution in [2.24, 2.45) is 5.92 Å². The van der Waals surface area contributed by atoms with Crippen LogP contribution in [0.3, 0.4) is 0 Å². The average Bonchev–Trinajstić information content (AvgIpc) is 2.73. The number of rotatable bonds is 7. The minimum atomic E-state index is -0.307. The molecule has 1 aromatic heterocycles. The van der Waals surface area contributed by atoms with Crippen molar-refractivity contribution in [3.05, 3.63) is 10.4 Å². The quantitative estimate of drug-likeness (QED) is 0.669. The number of ketones is 1. The van der Waals surface area contributed by atoms with Crippen molar-refractivity contribution in [2.45, 2.75) is 26.8 Å². The molecular weight excluding hydrogens is 290 g/mol. The number of Topliss-reactive ketones (excluding diaryl/α,β-unsaturated/α-hetero) is 1. The van der Waals surface area contributed by atoms with Gasteiger partial charge >= 0.3 is 0 Å². The summed E-state index contributed by atoms with van der Waals surface area (Å²) < 4.78 is 5.07. The molecule has 0 aliphatic carbocycles. The Labute approximate surface area is 129 Å². The van der Waals surface area contributed by atoms with E-state index in [1.807, 2.05) is 20.8 Å². The Hall–Kier alpha value is -1.60. The zero-order valence-corrected chi connectivity index (χ0v) is 13.9. The maximum Gasteiger partial charge on any atom is 0.256 e. The molecule has 0 fully saturated rings. The van der Waals surface area contributed by atoms with Gasteiger partial charge in [0.2, 0.25) is 0 Å². The highest BCUT2D eigenvalue weighted by Gasteiger charge is 2.26. The van der Waals surface area contributed by atoms with Crippen LogP contribution in [0, 0.1) is 5.92 Å². The van der Waals surface area contributed by atoms with Crippen LogP contribution in [0.1, 0.15) is 40.8 Å². The second kappa shape index (κ2) is 7.42. The molecule has 1 unspecified atom stereocenters. The summed E-state index contributed by atoms with van der Waals surface area (Å²) in [6, 6.07) is -0.00143. The number of hydrogen-bond acceptors (Lipinski definition) is 6. The molecule has 6 nitrogen and oxygen atoms in total. The highest BCUT2D eigenvalue weighted by Crippen LogP contribution is 2.37. The molecule has 1 amide bonds. The fourth-order valence-corrected chi connectivity index (χ4v) is 3.17. The Morgan fingerprint density at radius 3 is 2.43 bits per heavy atom. The summed E-state index contributed by atoms with van der Waals surface area (Å²) in [5, 5.41) is 6.33. The normalized spacial score (nSPS) is 12.3. The number of hydrogen-bond donors (Lipinski definition) is 3. The zero-order valence-electron chi connectivity index (χ0n) is 13.1. The van der Waals surface area contributed by atoms with E-state index >= 15 is 0 Å². The second-order valence-corrected chi connectivity index (χ2v) is 6.17. The highest BCUT2D eigenvalue weighted by atomic mass is 32.1. The number of thiophene rings is 1. The van der Waals surface area contributed by atoms with Gasteiger partial charge in [0.1, 0.15) is 5.00 Å². The van der Waals surface area contributed by atoms with Crippen LogP contribution < -0.4 is 16.4 Å². The maximum absolute atomic E-state index is 12.2. The van der Waals surface area contributed by atoms with E-state index in [2.05, 4.69) is 10.6 Å². The number of amides is 1. The molecule has 0 bridgehead atoms. The number of methoxy groups -OCH3 is 1. The number of ether oxygens (including phenoxy) is 1. The van der Waals surface area contributed by atoms with Crippen LogP contribution in [-0.2, 0) is 4.74 Å². The van der Waals surface area contributed by atoms with Crippen LogP contribution >= 0.6 is 11.3 Å². The van der Waals surface area contributed by atoms with E-state index in [9.17, 15) is 9.59 Å². The molecule has 0 saturated carbocycles. The van der Waals surface area contributed by atoms with Gasteiger partial charge in [0.05, 0.1) is 22.7 Å². The third-order valence-corrected chi connectivity index (χ3v) is 4.09. The van der Waals surface area contributed by atoms with Crippen LogP contribution in [0.4, 0.5) is 10.7 Å². The van der Waals surface area contributed by atoms with E-state index in [-0.39, 0.29) is 29.3 Å². The Kier molecular flexibility index (Phi) is 6.17. The van der Waals surface area contributed by atoms with Gasteiger partial charge in [-0.15, -0.1) is 11.3 Å². The summed E-state index contributed by atoms with van der Waals surface area (Å²) >= 11 is 1.22. The number of carbonyl (C=O) groups is 2. The maximum atomic E-state index is 12.2. The molecule has 1 rings (SSSR count). The molecule has 0 aliphatic heterocycles. The molecule has 0 aromatic carbocycles. The molecule has 1 aromatic rings. The fourth-order valence-electron chi connectivity index (χ4n) is 1.86. The number of anilines is 2. The van der Waals surface area contributed by atoms with E-state index in [1.54, 1.807) is 7.11 Å². The van der Waals surface area contributed by atoms with Gasteiger partial charge in [-0.3, -0.25) is 9.59 Å². The number of nitrogens with one attached hydrogen (secondary N) is 2. The Balaban J connectivity index is 3.24. The van der Waals surface area contributed by atoms with Crippen LogP contribution in [0.5, 0.6) is 0 Å². The molecule has 0 saturated heterocycles. The first-order valence-corrected chi connectivity index (χ1v) is 7.59. The smallest absolute Gasteiger partial charge is 0.256 e. The predicted molar refractivity (Wildman–Crippen MR) is 86.3 cm³/mol. The molecule has 118 valence electrons. The molecule has 1 atom stereocenters. The summed E-state index contributed by atoms with van der Waals surface area (Å²) in [6.07, 6.45) is 0. The molecule has 0 aliphatic rings. The summed E-state index contributed by atoms with van der Waals surface area (Å²) in [5.41, 5.74) is 6.60. The first-order valence-electron chi connectivity index (χ1n) is 6.77. The van der Waals surface area contributed by atoms with E-state index in [0.717, 1.165) is 0 Å². The van der Waals surface area contributed by atoms with Crippen molar-refractivity contribution >= 4 is 33.7 Å². The molecule has 1 heterocycles. The first kappa shape index (κ1) is 17.5. The van der Waals surface area contributed by atoms with Crippen LogP contribution in [-0.4, -0.2) is 38.5 Å². The van der Waals surface area contributed by atoms with Gasteiger partial charge in [0.15, 0.2) is 5.78 Å². The van der Waals surface area contributed by atoms with Crippen molar-refractivity contribution in [1.82, 2.24) is 5.32 Å². The summed E-state index contributed by atoms with van der Waals surface area (Å²) in [4.78, 5) is 24.7. The molecule has 21 heavy (non-hydrogen) atoms. The van der Waals surface area contributed by atoms with Gasteiger partial charge in [-0.1, -0.05) is 13.8 Å². The average molecular weight is 313 g/mol. The van der Waals surface area contributed by atoms with Crippen molar-refractivity contribution in [3.63, 3.8) is 0 Å². The molecular formula is C14H23N3O3S. The third kappa shape index (κ3) is 3.95. The fraction of sp³-hybridized carbons (Fsp3) is 0.571. The highest BCUT2D eigenvalue weighted by molar-refractivity contribution is 7.19. The van der Waals surface area contributed by atoms with E-state index in [0.29, 0.717) is 22.0 Å². The van der Waals surface area contributed by atoms with Gasteiger partial charge in [0, 0.05) is 26.1 Å². The van der Waals surface area contributed by atoms with Crippen molar-refractivity contribution < 1.29 is 14.3 Å². The lowest BCUT2D eigenvalue weighted by Crippen LogP contribution is -2.24. The minimum absolute atomic E-state index is 0.00143. The van der Waals surface area contributed by atoms with Gasteiger partial charge in [0.25, 0.3) is 5.91 Å². The third-order valence-electron chi connectivity index (χ3n) is 2.94. The first-order chi connectivity index (χ1) is 9.83. The zero-order chi connectivity index (χ0) is 16.2. The van der Waals surface area contributed by atoms with E-state index in [4.69, 9.17) is 10.5 Å². The Morgan fingerprint density at radius 1 is 1.33 bits per heavy atom. The minimum Gasteiger partial charge on any atom is -0.397 e. The van der Waals surface area contributed by atoms with E-state index in [1.165, 1.54) is 18.4 Å². The number of nitrogen functional groups attached to an aromatic ring is 1. The van der Waals surface area contributed by atoms with E-state index < -0.39 is 0 Å². The van der Waals surface area contributed by atoms with Gasteiger partial charge in [-0.2, -0.15) is 0 Å². The Bertz CT molecular complexity index is 526. The van der Waals surface area contributed by atoms with Crippen LogP contribution in [0.2, 0.25) is 0 Å². The molecule has 4 N–H and O–H groups in total. The summed E-state index contributed by atoms with van der Waals surface area (Å²) in [6.45, 7) is 6.03. The van der Waals surface area contributed by atoms with Crippen molar-refractivity contribution in [2.75, 3.05) is 31.8 Å². The second-order valence-electron chi connectivity index (χ2n) is 5.15. The molecule has 0 spiro atoms. The lowest BCUT2D eigenvalue weighted by molar-refractivity contribution is 0.0944. The lowest BCUT2D eigenvalue weighted by Gasteiger charge is -2.13. The van der Waals surface area contributed by atoms with Crippen LogP contribution in [0.25, 0.3) is 0 Å². The topological polar surface area (TPSA) is 93.5 Å². The van der Waals surface area contributed by atoms with Crippen molar-refractivity contribution in [1.29, 1.82) is 0 Å². The largest absolute Gasteiger partial charge is 0.397 e. The summed E-state index contributed by atoms with van der Waals surface area (Å²) in [5.74, 6) is -0.540. The Morgan fingerprint density at radius 2 is 1.95 bits per heavy atom. The van der Waals surface area contributed by atoms with Crippen molar-refractivity contribution in [3.8, 4) is 0 Å². The number of nitrogens with two attached hydrogens (primary N) is 1. The lowest BCUT2D eigenvalue weighted by atomic mass is 10.1. The van der Waals surface area contributed by atoms with Crippen LogP contribution in [0.15, 0.2) is 0 Å². The predicted octanol–water partition coefficient (Wildman–Crippen LogP) is 1.98.